The highest BCUT2D eigenvalue weighted by atomic mass is 19.1. The quantitative estimate of drug-likeness (QED) is 0.628. The number of hydrogen-bond acceptors (Lipinski definition) is 3. The van der Waals surface area contributed by atoms with E-state index in [2.05, 4.69) is 10.6 Å². The molecule has 0 aliphatic carbocycles. The highest BCUT2D eigenvalue weighted by Crippen LogP contribution is 2.20. The van der Waals surface area contributed by atoms with Gasteiger partial charge >= 0.3 is 6.03 Å². The molecule has 17 heavy (non-hydrogen) atoms. The second-order valence-electron chi connectivity index (χ2n) is 3.67. The van der Waals surface area contributed by atoms with Crippen LogP contribution >= 0.6 is 0 Å². The van der Waals surface area contributed by atoms with Crippen LogP contribution in [0, 0.1) is 15.9 Å². The normalized spacial score (nSPS) is 10.1. The molecule has 0 saturated heterocycles. The number of amides is 2. The van der Waals surface area contributed by atoms with Crippen LogP contribution in [0.3, 0.4) is 0 Å². The van der Waals surface area contributed by atoms with Gasteiger partial charge in [0, 0.05) is 12.1 Å². The summed E-state index contributed by atoms with van der Waals surface area (Å²) in [5, 5.41) is 15.1. The van der Waals surface area contributed by atoms with E-state index in [-0.39, 0.29) is 17.4 Å². The van der Waals surface area contributed by atoms with Crippen LogP contribution in [0.4, 0.5) is 20.6 Å². The van der Waals surface area contributed by atoms with Crippen molar-refractivity contribution >= 4 is 17.4 Å². The minimum Gasteiger partial charge on any atom is -0.336 e. The number of anilines is 1. The molecule has 0 atom stereocenters. The van der Waals surface area contributed by atoms with Gasteiger partial charge in [-0.05, 0) is 19.9 Å². The minimum absolute atomic E-state index is 0.0869. The largest absolute Gasteiger partial charge is 0.336 e. The number of nitrogens with zero attached hydrogens (tertiary/aromatic N) is 1. The van der Waals surface area contributed by atoms with E-state index in [0.29, 0.717) is 0 Å². The third-order valence-corrected chi connectivity index (χ3v) is 1.83. The van der Waals surface area contributed by atoms with Crippen LogP contribution in [0.2, 0.25) is 0 Å². The Labute approximate surface area is 97.0 Å². The van der Waals surface area contributed by atoms with E-state index in [4.69, 9.17) is 0 Å². The van der Waals surface area contributed by atoms with E-state index in [1.165, 1.54) is 0 Å². The van der Waals surface area contributed by atoms with Crippen molar-refractivity contribution in [1.82, 2.24) is 5.32 Å². The van der Waals surface area contributed by atoms with E-state index in [9.17, 15) is 19.3 Å². The summed E-state index contributed by atoms with van der Waals surface area (Å²) in [6.45, 7) is 3.51. The van der Waals surface area contributed by atoms with Crippen LogP contribution in [-0.4, -0.2) is 17.0 Å². The van der Waals surface area contributed by atoms with Crippen LogP contribution in [0.5, 0.6) is 0 Å². The number of carbonyl (C=O) groups is 1. The molecule has 0 aliphatic rings. The fourth-order valence-electron chi connectivity index (χ4n) is 1.14. The lowest BCUT2D eigenvalue weighted by Crippen LogP contribution is -2.34. The Morgan fingerprint density at radius 2 is 2.12 bits per heavy atom. The van der Waals surface area contributed by atoms with Gasteiger partial charge in [-0.25, -0.2) is 9.18 Å². The van der Waals surface area contributed by atoms with Gasteiger partial charge < -0.3 is 10.6 Å². The van der Waals surface area contributed by atoms with Gasteiger partial charge in [-0.3, -0.25) is 10.1 Å². The van der Waals surface area contributed by atoms with Gasteiger partial charge in [-0.15, -0.1) is 0 Å². The van der Waals surface area contributed by atoms with Crippen molar-refractivity contribution in [2.45, 2.75) is 19.9 Å². The number of non-ortho nitro benzene ring substituents is 1. The van der Waals surface area contributed by atoms with Crippen molar-refractivity contribution in [1.29, 1.82) is 0 Å². The molecule has 2 amide bonds. The number of nitro benzene ring substituents is 1. The molecular formula is C10H12FN3O3. The lowest BCUT2D eigenvalue weighted by Gasteiger charge is -2.10. The Balaban J connectivity index is 2.79. The molecule has 0 radical (unpaired) electrons. The third kappa shape index (κ3) is 3.71. The molecule has 0 saturated carbocycles. The fourth-order valence-corrected chi connectivity index (χ4v) is 1.14. The van der Waals surface area contributed by atoms with Crippen LogP contribution < -0.4 is 10.6 Å². The van der Waals surface area contributed by atoms with Crippen molar-refractivity contribution in [2.24, 2.45) is 0 Å². The molecule has 0 aliphatic heterocycles. The molecule has 0 fully saturated rings. The van der Waals surface area contributed by atoms with E-state index < -0.39 is 16.8 Å². The molecule has 1 aromatic rings. The number of nitrogens with one attached hydrogen (secondary N) is 2. The summed E-state index contributed by atoms with van der Waals surface area (Å²) >= 11 is 0. The molecule has 6 nitrogen and oxygen atoms in total. The molecule has 0 unspecified atom stereocenters. The molecular weight excluding hydrogens is 229 g/mol. The van der Waals surface area contributed by atoms with Crippen molar-refractivity contribution in [3.05, 3.63) is 34.1 Å². The van der Waals surface area contributed by atoms with Gasteiger partial charge in [0.15, 0.2) is 5.82 Å². The highest BCUT2D eigenvalue weighted by molar-refractivity contribution is 5.89. The predicted molar refractivity (Wildman–Crippen MR) is 60.3 cm³/mol. The Bertz CT molecular complexity index is 448. The van der Waals surface area contributed by atoms with Crippen LogP contribution in [-0.2, 0) is 0 Å². The molecule has 92 valence electrons. The van der Waals surface area contributed by atoms with E-state index >= 15 is 0 Å². The first-order valence-corrected chi connectivity index (χ1v) is 4.91. The zero-order valence-corrected chi connectivity index (χ0v) is 9.36. The first kappa shape index (κ1) is 12.9. The molecule has 0 bridgehead atoms. The van der Waals surface area contributed by atoms with Gasteiger partial charge in [0.25, 0.3) is 5.69 Å². The van der Waals surface area contributed by atoms with Crippen molar-refractivity contribution < 1.29 is 14.1 Å². The smallest absolute Gasteiger partial charge is 0.319 e. The zero-order valence-electron chi connectivity index (χ0n) is 9.36. The maximum Gasteiger partial charge on any atom is 0.319 e. The number of halogens is 1. The Morgan fingerprint density at radius 3 is 2.59 bits per heavy atom. The number of hydrogen-bond donors (Lipinski definition) is 2. The number of nitro groups is 1. The lowest BCUT2D eigenvalue weighted by atomic mass is 10.2. The Kier molecular flexibility index (Phi) is 3.97. The third-order valence-electron chi connectivity index (χ3n) is 1.83. The Morgan fingerprint density at radius 1 is 1.47 bits per heavy atom. The SMILES string of the molecule is CC(C)NC(=O)Nc1ccc([N+](=O)[O-])cc1F. The van der Waals surface area contributed by atoms with E-state index in [1.54, 1.807) is 13.8 Å². The summed E-state index contributed by atoms with van der Waals surface area (Å²) in [5.41, 5.74) is -0.467. The summed E-state index contributed by atoms with van der Waals surface area (Å²) in [6.07, 6.45) is 0. The number of carbonyl (C=O) groups excluding carboxylic acids is 1. The number of urea groups is 1. The zero-order chi connectivity index (χ0) is 13.0. The molecule has 1 aromatic carbocycles. The molecule has 1 rings (SSSR count). The maximum absolute atomic E-state index is 13.4. The lowest BCUT2D eigenvalue weighted by molar-refractivity contribution is -0.385. The second-order valence-corrected chi connectivity index (χ2v) is 3.67. The highest BCUT2D eigenvalue weighted by Gasteiger charge is 2.12. The molecule has 0 aromatic heterocycles. The summed E-state index contributed by atoms with van der Waals surface area (Å²) in [6, 6.07) is 2.37. The molecule has 2 N–H and O–H groups in total. The summed E-state index contributed by atoms with van der Waals surface area (Å²) in [4.78, 5) is 20.9. The summed E-state index contributed by atoms with van der Waals surface area (Å²) in [5.74, 6) is -0.849. The molecule has 7 heteroatoms. The number of rotatable bonds is 3. The summed E-state index contributed by atoms with van der Waals surface area (Å²) < 4.78 is 13.4. The minimum atomic E-state index is -0.849. The van der Waals surface area contributed by atoms with Gasteiger partial charge in [-0.1, -0.05) is 0 Å². The van der Waals surface area contributed by atoms with E-state index in [1.807, 2.05) is 0 Å². The monoisotopic (exact) mass is 241 g/mol. The maximum atomic E-state index is 13.4. The van der Waals surface area contributed by atoms with Gasteiger partial charge in [0.2, 0.25) is 0 Å². The van der Waals surface area contributed by atoms with Crippen molar-refractivity contribution in [3.8, 4) is 0 Å². The Hall–Kier alpha value is -2.18. The van der Waals surface area contributed by atoms with Crippen LogP contribution in [0.15, 0.2) is 18.2 Å². The first-order chi connectivity index (χ1) is 7.90. The summed E-state index contributed by atoms with van der Waals surface area (Å²) in [7, 11) is 0. The van der Waals surface area contributed by atoms with Crippen molar-refractivity contribution in [3.63, 3.8) is 0 Å². The first-order valence-electron chi connectivity index (χ1n) is 4.91. The predicted octanol–water partition coefficient (Wildman–Crippen LogP) is 2.26. The van der Waals surface area contributed by atoms with Gasteiger partial charge in [0.1, 0.15) is 0 Å². The topological polar surface area (TPSA) is 84.3 Å². The van der Waals surface area contributed by atoms with Crippen LogP contribution in [0.1, 0.15) is 13.8 Å². The van der Waals surface area contributed by atoms with Gasteiger partial charge in [-0.2, -0.15) is 0 Å². The average Bonchev–Trinajstić information content (AvgIpc) is 2.19. The molecule has 0 spiro atoms. The van der Waals surface area contributed by atoms with E-state index in [0.717, 1.165) is 18.2 Å². The van der Waals surface area contributed by atoms with Crippen LogP contribution in [0.25, 0.3) is 0 Å². The number of benzene rings is 1. The average molecular weight is 241 g/mol. The standard InChI is InChI=1S/C10H12FN3O3/c1-6(2)12-10(15)13-9-4-3-7(14(16)17)5-8(9)11/h3-6H,1-2H3,(H2,12,13,15). The van der Waals surface area contributed by atoms with Gasteiger partial charge in [0.05, 0.1) is 16.7 Å². The molecule has 0 heterocycles. The fraction of sp³-hybridized carbons (Fsp3) is 0.300. The van der Waals surface area contributed by atoms with Crippen molar-refractivity contribution in [2.75, 3.05) is 5.32 Å². The second kappa shape index (κ2) is 5.24.